The number of phenols is 1. The van der Waals surface area contributed by atoms with Gasteiger partial charge in [-0.05, 0) is 29.8 Å². The number of aromatic hydroxyl groups is 1. The van der Waals surface area contributed by atoms with Crippen molar-refractivity contribution < 1.29 is 5.11 Å². The molecule has 0 unspecified atom stereocenters. The van der Waals surface area contributed by atoms with Crippen LogP contribution in [0.2, 0.25) is 0 Å². The van der Waals surface area contributed by atoms with Crippen LogP contribution in [0.15, 0.2) is 60.7 Å². The first-order valence-corrected chi connectivity index (χ1v) is 6.19. The molecule has 0 aliphatic carbocycles. The lowest BCUT2D eigenvalue weighted by atomic mass is 10.2. The van der Waals surface area contributed by atoms with Crippen molar-refractivity contribution in [3.05, 3.63) is 66.2 Å². The molecule has 0 aliphatic heterocycles. The highest BCUT2D eigenvalue weighted by Gasteiger charge is 1.99. The Bertz CT molecular complexity index is 695. The quantitative estimate of drug-likeness (QED) is 0.747. The van der Waals surface area contributed by atoms with Crippen molar-refractivity contribution >= 4 is 16.7 Å². The molecular weight excluding hydrogens is 236 g/mol. The van der Waals surface area contributed by atoms with Crippen molar-refractivity contribution in [2.45, 2.75) is 6.54 Å². The molecule has 0 amide bonds. The first kappa shape index (κ1) is 11.5. The zero-order chi connectivity index (χ0) is 13.1. The molecule has 0 saturated heterocycles. The van der Waals surface area contributed by atoms with E-state index in [4.69, 9.17) is 0 Å². The molecule has 1 aromatic heterocycles. The second kappa shape index (κ2) is 4.98. The molecule has 3 aromatic rings. The SMILES string of the molecule is Oc1ccc2ccc(NCc3ccccc3)nc2c1. The average Bonchev–Trinajstić information content (AvgIpc) is 2.46. The van der Waals surface area contributed by atoms with Crippen LogP contribution in [0, 0.1) is 0 Å². The van der Waals surface area contributed by atoms with Gasteiger partial charge in [-0.15, -0.1) is 0 Å². The normalized spacial score (nSPS) is 10.5. The summed E-state index contributed by atoms with van der Waals surface area (Å²) in [6, 6.07) is 19.3. The van der Waals surface area contributed by atoms with Crippen LogP contribution in [-0.4, -0.2) is 10.1 Å². The van der Waals surface area contributed by atoms with Gasteiger partial charge in [-0.2, -0.15) is 0 Å². The summed E-state index contributed by atoms with van der Waals surface area (Å²) >= 11 is 0. The smallest absolute Gasteiger partial charge is 0.126 e. The van der Waals surface area contributed by atoms with E-state index in [9.17, 15) is 5.11 Å². The third kappa shape index (κ3) is 2.65. The molecular formula is C16H14N2O. The van der Waals surface area contributed by atoms with Crippen LogP contribution in [0.1, 0.15) is 5.56 Å². The molecule has 0 saturated carbocycles. The Morgan fingerprint density at radius 1 is 0.947 bits per heavy atom. The van der Waals surface area contributed by atoms with E-state index in [-0.39, 0.29) is 5.75 Å². The average molecular weight is 250 g/mol. The van der Waals surface area contributed by atoms with Gasteiger partial charge in [0, 0.05) is 18.0 Å². The standard InChI is InChI=1S/C16H14N2O/c19-14-8-6-13-7-9-16(18-15(13)10-14)17-11-12-4-2-1-3-5-12/h1-10,19H,11H2,(H,17,18). The summed E-state index contributed by atoms with van der Waals surface area (Å²) in [5.74, 6) is 1.04. The number of anilines is 1. The summed E-state index contributed by atoms with van der Waals surface area (Å²) in [5, 5.41) is 13.8. The number of hydrogen-bond donors (Lipinski definition) is 2. The Kier molecular flexibility index (Phi) is 3.02. The number of rotatable bonds is 3. The molecule has 94 valence electrons. The van der Waals surface area contributed by atoms with E-state index < -0.39 is 0 Å². The Morgan fingerprint density at radius 2 is 1.74 bits per heavy atom. The summed E-state index contributed by atoms with van der Waals surface area (Å²) in [4.78, 5) is 4.48. The van der Waals surface area contributed by atoms with Crippen molar-refractivity contribution in [1.29, 1.82) is 0 Å². The first-order chi connectivity index (χ1) is 9.31. The third-order valence-corrected chi connectivity index (χ3v) is 2.99. The van der Waals surface area contributed by atoms with Gasteiger partial charge in [0.15, 0.2) is 0 Å². The molecule has 1 heterocycles. The van der Waals surface area contributed by atoms with E-state index in [1.807, 2.05) is 36.4 Å². The lowest BCUT2D eigenvalue weighted by molar-refractivity contribution is 0.476. The molecule has 0 bridgehead atoms. The number of benzene rings is 2. The summed E-state index contributed by atoms with van der Waals surface area (Å²) in [7, 11) is 0. The van der Waals surface area contributed by atoms with Crippen LogP contribution in [0.25, 0.3) is 10.9 Å². The maximum absolute atomic E-state index is 9.47. The number of phenolic OH excluding ortho intramolecular Hbond substituents is 1. The summed E-state index contributed by atoms with van der Waals surface area (Å²) in [6.45, 7) is 0.734. The van der Waals surface area contributed by atoms with Crippen molar-refractivity contribution in [3.63, 3.8) is 0 Å². The number of fused-ring (bicyclic) bond motifs is 1. The molecule has 3 heteroatoms. The molecule has 0 spiro atoms. The van der Waals surface area contributed by atoms with Gasteiger partial charge < -0.3 is 10.4 Å². The molecule has 3 rings (SSSR count). The van der Waals surface area contributed by atoms with Gasteiger partial charge in [-0.1, -0.05) is 30.3 Å². The van der Waals surface area contributed by atoms with Crippen LogP contribution < -0.4 is 5.32 Å². The zero-order valence-electron chi connectivity index (χ0n) is 10.4. The second-order valence-corrected chi connectivity index (χ2v) is 4.41. The predicted octanol–water partition coefficient (Wildman–Crippen LogP) is 3.55. The van der Waals surface area contributed by atoms with Crippen LogP contribution in [0.3, 0.4) is 0 Å². The van der Waals surface area contributed by atoms with Gasteiger partial charge in [0.05, 0.1) is 5.52 Å². The zero-order valence-corrected chi connectivity index (χ0v) is 10.4. The van der Waals surface area contributed by atoms with E-state index in [0.717, 1.165) is 23.3 Å². The number of nitrogens with one attached hydrogen (secondary N) is 1. The number of hydrogen-bond acceptors (Lipinski definition) is 3. The molecule has 0 atom stereocenters. The summed E-state index contributed by atoms with van der Waals surface area (Å²) < 4.78 is 0. The van der Waals surface area contributed by atoms with Crippen LogP contribution in [0.4, 0.5) is 5.82 Å². The molecule has 3 nitrogen and oxygen atoms in total. The van der Waals surface area contributed by atoms with Crippen LogP contribution in [0.5, 0.6) is 5.75 Å². The molecule has 2 N–H and O–H groups in total. The highest BCUT2D eigenvalue weighted by molar-refractivity contribution is 5.81. The lowest BCUT2D eigenvalue weighted by Crippen LogP contribution is -2.00. The highest BCUT2D eigenvalue weighted by atomic mass is 16.3. The Labute approximate surface area is 111 Å². The van der Waals surface area contributed by atoms with Gasteiger partial charge in [0.2, 0.25) is 0 Å². The molecule has 2 aromatic carbocycles. The fraction of sp³-hybridized carbons (Fsp3) is 0.0625. The van der Waals surface area contributed by atoms with E-state index in [1.54, 1.807) is 12.1 Å². The summed E-state index contributed by atoms with van der Waals surface area (Å²) in [6.07, 6.45) is 0. The summed E-state index contributed by atoms with van der Waals surface area (Å²) in [5.41, 5.74) is 2.00. The van der Waals surface area contributed by atoms with Crippen molar-refractivity contribution in [3.8, 4) is 5.75 Å². The Balaban J connectivity index is 1.81. The predicted molar refractivity (Wildman–Crippen MR) is 77.2 cm³/mol. The van der Waals surface area contributed by atoms with Crippen molar-refractivity contribution in [2.75, 3.05) is 5.32 Å². The van der Waals surface area contributed by atoms with Gasteiger partial charge in [0.25, 0.3) is 0 Å². The van der Waals surface area contributed by atoms with Crippen molar-refractivity contribution in [2.24, 2.45) is 0 Å². The molecule has 0 aliphatic rings. The highest BCUT2D eigenvalue weighted by Crippen LogP contribution is 2.20. The molecule has 0 fully saturated rings. The third-order valence-electron chi connectivity index (χ3n) is 2.99. The minimum absolute atomic E-state index is 0.236. The van der Waals surface area contributed by atoms with Crippen LogP contribution in [-0.2, 0) is 6.54 Å². The van der Waals surface area contributed by atoms with Gasteiger partial charge >= 0.3 is 0 Å². The number of pyridine rings is 1. The topological polar surface area (TPSA) is 45.1 Å². The van der Waals surface area contributed by atoms with E-state index in [0.29, 0.717) is 0 Å². The number of nitrogens with zero attached hydrogens (tertiary/aromatic N) is 1. The molecule has 0 radical (unpaired) electrons. The van der Waals surface area contributed by atoms with Crippen molar-refractivity contribution in [1.82, 2.24) is 4.98 Å². The van der Waals surface area contributed by atoms with Gasteiger partial charge in [-0.25, -0.2) is 4.98 Å². The fourth-order valence-corrected chi connectivity index (χ4v) is 1.99. The number of aromatic nitrogens is 1. The van der Waals surface area contributed by atoms with Gasteiger partial charge in [-0.3, -0.25) is 0 Å². The van der Waals surface area contributed by atoms with Gasteiger partial charge in [0.1, 0.15) is 11.6 Å². The second-order valence-electron chi connectivity index (χ2n) is 4.41. The maximum Gasteiger partial charge on any atom is 0.126 e. The maximum atomic E-state index is 9.47. The Morgan fingerprint density at radius 3 is 2.58 bits per heavy atom. The minimum Gasteiger partial charge on any atom is -0.508 e. The monoisotopic (exact) mass is 250 g/mol. The van der Waals surface area contributed by atoms with E-state index in [2.05, 4.69) is 22.4 Å². The Hall–Kier alpha value is -2.55. The lowest BCUT2D eigenvalue weighted by Gasteiger charge is -2.07. The van der Waals surface area contributed by atoms with E-state index >= 15 is 0 Å². The van der Waals surface area contributed by atoms with E-state index in [1.165, 1.54) is 5.56 Å². The molecule has 19 heavy (non-hydrogen) atoms. The minimum atomic E-state index is 0.236. The van der Waals surface area contributed by atoms with Crippen LogP contribution >= 0.6 is 0 Å². The fourth-order valence-electron chi connectivity index (χ4n) is 1.99. The first-order valence-electron chi connectivity index (χ1n) is 6.19. The largest absolute Gasteiger partial charge is 0.508 e.